The number of piperidine rings is 1. The van der Waals surface area contributed by atoms with Crippen molar-refractivity contribution in [2.24, 2.45) is 0 Å². The van der Waals surface area contributed by atoms with Crippen molar-refractivity contribution in [2.75, 3.05) is 45.9 Å². The molecule has 160 valence electrons. The monoisotopic (exact) mass is 430 g/mol. The number of esters is 1. The Kier molecular flexibility index (Phi) is 15.2. The smallest absolute Gasteiger partial charge is 0.338 e. The minimum atomic E-state index is -0.215. The predicted molar refractivity (Wildman–Crippen MR) is 106 cm³/mol. The molecule has 1 heterocycles. The van der Waals surface area contributed by atoms with Crippen molar-refractivity contribution < 1.29 is 44.1 Å². The van der Waals surface area contributed by atoms with Crippen LogP contribution >= 0.6 is 0 Å². The van der Waals surface area contributed by atoms with Gasteiger partial charge in [-0.2, -0.15) is 0 Å². The van der Waals surface area contributed by atoms with Crippen molar-refractivity contribution in [2.45, 2.75) is 39.5 Å². The fourth-order valence-corrected chi connectivity index (χ4v) is 3.48. The highest BCUT2D eigenvalue weighted by Crippen LogP contribution is 2.07. The first-order valence-corrected chi connectivity index (χ1v) is 10.3. The van der Waals surface area contributed by atoms with Gasteiger partial charge in [0.15, 0.2) is 0 Å². The molecule has 2 rings (SSSR count). The van der Waals surface area contributed by atoms with Gasteiger partial charge in [-0.15, -0.1) is 0 Å². The Morgan fingerprint density at radius 3 is 2.29 bits per heavy atom. The molecule has 0 spiro atoms. The van der Waals surface area contributed by atoms with Crippen LogP contribution in [0.25, 0.3) is 0 Å². The molecule has 1 aromatic rings. The minimum Gasteiger partial charge on any atom is -1.00 e. The second-order valence-corrected chi connectivity index (χ2v) is 7.23. The predicted octanol–water partition coefficient (Wildman–Crippen LogP) is -5.06. The first-order chi connectivity index (χ1) is 12.7. The van der Waals surface area contributed by atoms with Gasteiger partial charge in [-0.05, 0) is 63.3 Å². The molecule has 1 aliphatic rings. The summed E-state index contributed by atoms with van der Waals surface area (Å²) in [5.41, 5.74) is 1.88. The highest BCUT2D eigenvalue weighted by atomic mass is 35.5. The van der Waals surface area contributed by atoms with E-state index in [1.807, 2.05) is 24.3 Å². The zero-order chi connectivity index (χ0) is 18.6. The summed E-state index contributed by atoms with van der Waals surface area (Å²) in [7, 11) is 0. The average Bonchev–Trinajstić information content (AvgIpc) is 2.70. The summed E-state index contributed by atoms with van der Waals surface area (Å²) in [4.78, 5) is 15.3. The summed E-state index contributed by atoms with van der Waals surface area (Å²) in [5.74, 6) is -0.215. The van der Waals surface area contributed by atoms with E-state index in [2.05, 4.69) is 26.0 Å². The van der Waals surface area contributed by atoms with Gasteiger partial charge < -0.3 is 39.4 Å². The molecule has 2 N–H and O–H groups in total. The number of benzene rings is 1. The molecule has 4 nitrogen and oxygen atoms in total. The number of ether oxygens (including phenoxy) is 1. The van der Waals surface area contributed by atoms with Crippen LogP contribution in [-0.4, -0.2) is 51.8 Å². The van der Waals surface area contributed by atoms with Gasteiger partial charge in [0.2, 0.25) is 0 Å². The summed E-state index contributed by atoms with van der Waals surface area (Å²) in [6.45, 7) is 11.6. The lowest BCUT2D eigenvalue weighted by Crippen LogP contribution is -3.12. The summed E-state index contributed by atoms with van der Waals surface area (Å²) >= 11 is 0. The number of quaternary nitrogens is 2. The molecule has 0 bridgehead atoms. The number of hydrogen-bond donors (Lipinski definition) is 2. The van der Waals surface area contributed by atoms with Crippen LogP contribution in [0.3, 0.4) is 0 Å². The molecule has 1 aromatic carbocycles. The van der Waals surface area contributed by atoms with Crippen LogP contribution in [0.1, 0.15) is 49.0 Å². The van der Waals surface area contributed by atoms with Crippen LogP contribution in [0, 0.1) is 0 Å². The summed E-state index contributed by atoms with van der Waals surface area (Å²) in [6.07, 6.45) is 9.63. The Balaban J connectivity index is 0.00000364. The molecule has 0 unspecified atom stereocenters. The highest BCUT2D eigenvalue weighted by Gasteiger charge is 2.11. The van der Waals surface area contributed by atoms with Crippen molar-refractivity contribution in [1.29, 1.82) is 0 Å². The van der Waals surface area contributed by atoms with Gasteiger partial charge in [0.05, 0.1) is 38.3 Å². The fourth-order valence-electron chi connectivity index (χ4n) is 3.48. The van der Waals surface area contributed by atoms with Crippen molar-refractivity contribution >= 4 is 5.97 Å². The average molecular weight is 431 g/mol. The molecular weight excluding hydrogens is 395 g/mol. The Hall–Kier alpha value is -1.07. The number of carbonyl (C=O) groups is 1. The molecule has 0 aliphatic carbocycles. The normalized spacial score (nSPS) is 14.5. The SMILES string of the molecule is CC[NH+](CC)CCOC(=O)c1ccc(C/C=C/C[NH+]2CCCCC2)cc1.[Cl-].[Cl-]. The largest absolute Gasteiger partial charge is 1.00 e. The number of likely N-dealkylation sites (tertiary alicyclic amines) is 1. The van der Waals surface area contributed by atoms with Gasteiger partial charge in [-0.25, -0.2) is 4.79 Å². The molecule has 0 saturated carbocycles. The van der Waals surface area contributed by atoms with Crippen molar-refractivity contribution in [3.8, 4) is 0 Å². The molecular formula is C22H36Cl2N2O2. The zero-order valence-corrected chi connectivity index (χ0v) is 18.8. The topological polar surface area (TPSA) is 35.2 Å². The number of rotatable bonds is 10. The van der Waals surface area contributed by atoms with E-state index < -0.39 is 0 Å². The molecule has 0 radical (unpaired) electrons. The van der Waals surface area contributed by atoms with E-state index in [1.165, 1.54) is 42.8 Å². The van der Waals surface area contributed by atoms with Gasteiger partial charge >= 0.3 is 5.97 Å². The van der Waals surface area contributed by atoms with Crippen LogP contribution in [0.15, 0.2) is 36.4 Å². The second-order valence-electron chi connectivity index (χ2n) is 7.23. The lowest BCUT2D eigenvalue weighted by molar-refractivity contribution is -0.899. The van der Waals surface area contributed by atoms with Gasteiger partial charge in [-0.1, -0.05) is 18.2 Å². The van der Waals surface area contributed by atoms with Crippen LogP contribution in [0.2, 0.25) is 0 Å². The van der Waals surface area contributed by atoms with Gasteiger partial charge in [0, 0.05) is 0 Å². The fraction of sp³-hybridized carbons (Fsp3) is 0.591. The number of hydrogen-bond acceptors (Lipinski definition) is 2. The molecule has 0 amide bonds. The quantitative estimate of drug-likeness (QED) is 0.288. The Morgan fingerprint density at radius 1 is 1.04 bits per heavy atom. The number of allylic oxidation sites excluding steroid dienone is 1. The maximum absolute atomic E-state index is 12.1. The Labute approximate surface area is 183 Å². The maximum Gasteiger partial charge on any atom is 0.338 e. The van der Waals surface area contributed by atoms with Crippen LogP contribution in [0.5, 0.6) is 0 Å². The van der Waals surface area contributed by atoms with E-state index in [0.29, 0.717) is 12.2 Å². The molecule has 28 heavy (non-hydrogen) atoms. The summed E-state index contributed by atoms with van der Waals surface area (Å²) in [6, 6.07) is 7.83. The number of carbonyl (C=O) groups excluding carboxylic acids is 1. The lowest BCUT2D eigenvalue weighted by atomic mass is 10.1. The van der Waals surface area contributed by atoms with Crippen LogP contribution in [0.4, 0.5) is 0 Å². The van der Waals surface area contributed by atoms with E-state index >= 15 is 0 Å². The van der Waals surface area contributed by atoms with Gasteiger partial charge in [0.25, 0.3) is 0 Å². The zero-order valence-electron chi connectivity index (χ0n) is 17.3. The van der Waals surface area contributed by atoms with Crippen molar-refractivity contribution in [3.63, 3.8) is 0 Å². The first kappa shape index (κ1) is 26.9. The molecule has 0 atom stereocenters. The van der Waals surface area contributed by atoms with E-state index in [0.717, 1.165) is 32.6 Å². The third-order valence-electron chi connectivity index (χ3n) is 5.37. The van der Waals surface area contributed by atoms with E-state index in [1.54, 1.807) is 4.90 Å². The van der Waals surface area contributed by atoms with E-state index in [9.17, 15) is 4.79 Å². The first-order valence-electron chi connectivity index (χ1n) is 10.3. The highest BCUT2D eigenvalue weighted by molar-refractivity contribution is 5.89. The number of nitrogens with one attached hydrogen (secondary N) is 2. The van der Waals surface area contributed by atoms with Crippen molar-refractivity contribution in [3.05, 3.63) is 47.5 Å². The van der Waals surface area contributed by atoms with Gasteiger partial charge in [-0.3, -0.25) is 0 Å². The summed E-state index contributed by atoms with van der Waals surface area (Å²) in [5, 5.41) is 0. The molecule has 6 heteroatoms. The van der Waals surface area contributed by atoms with E-state index in [4.69, 9.17) is 4.74 Å². The number of halogens is 2. The molecule has 1 fully saturated rings. The molecule has 1 saturated heterocycles. The van der Waals surface area contributed by atoms with Crippen LogP contribution < -0.4 is 34.6 Å². The standard InChI is InChI=1S/C22H34N2O2.2ClH/c1-3-23(4-2)18-19-26-22(25)21-13-11-20(12-14-21)10-6-9-17-24-15-7-5-8-16-24;;/h6,9,11-14H,3-5,7-8,10,15-19H2,1-2H3;2*1H/b9-6+;;. The summed E-state index contributed by atoms with van der Waals surface area (Å²) < 4.78 is 5.39. The molecule has 0 aromatic heterocycles. The van der Waals surface area contributed by atoms with E-state index in [-0.39, 0.29) is 30.8 Å². The van der Waals surface area contributed by atoms with Crippen LogP contribution in [-0.2, 0) is 11.2 Å². The van der Waals surface area contributed by atoms with Gasteiger partial charge in [0.1, 0.15) is 13.2 Å². The minimum absolute atomic E-state index is 0. The number of likely N-dealkylation sites (N-methyl/N-ethyl adjacent to an activating group) is 1. The maximum atomic E-state index is 12.1. The third kappa shape index (κ3) is 9.92. The second kappa shape index (κ2) is 15.8. The molecule has 1 aliphatic heterocycles. The Bertz CT molecular complexity index is 554. The lowest BCUT2D eigenvalue weighted by Gasteiger charge is -2.21. The third-order valence-corrected chi connectivity index (χ3v) is 5.37. The Morgan fingerprint density at radius 2 is 1.68 bits per heavy atom. The van der Waals surface area contributed by atoms with Crippen molar-refractivity contribution in [1.82, 2.24) is 0 Å².